The molecule has 5 nitrogen and oxygen atoms in total. The number of nitrogen functional groups attached to an aromatic ring is 1. The van der Waals surface area contributed by atoms with Gasteiger partial charge in [-0.3, -0.25) is 4.79 Å². The summed E-state index contributed by atoms with van der Waals surface area (Å²) in [6.07, 6.45) is 4.51. The summed E-state index contributed by atoms with van der Waals surface area (Å²) in [5.41, 5.74) is 9.89. The van der Waals surface area contributed by atoms with Crippen molar-refractivity contribution in [3.05, 3.63) is 47.2 Å². The van der Waals surface area contributed by atoms with E-state index in [1.807, 2.05) is 29.7 Å². The number of pyridine rings is 1. The van der Waals surface area contributed by atoms with Crippen molar-refractivity contribution in [1.82, 2.24) is 9.88 Å². The lowest BCUT2D eigenvalue weighted by Crippen LogP contribution is -2.41. The van der Waals surface area contributed by atoms with Gasteiger partial charge in [-0.25, -0.2) is 4.98 Å². The number of nitrogens with one attached hydrogen (secondary N) is 1. The van der Waals surface area contributed by atoms with Gasteiger partial charge in [0.05, 0.1) is 17.5 Å². The molecule has 3 heterocycles. The highest BCUT2D eigenvalue weighted by molar-refractivity contribution is 7.99. The molecule has 3 N–H and O–H groups in total. The average molecular weight is 383 g/mol. The molecule has 27 heavy (non-hydrogen) atoms. The van der Waals surface area contributed by atoms with Crippen molar-refractivity contribution in [3.8, 4) is 0 Å². The van der Waals surface area contributed by atoms with Crippen molar-refractivity contribution < 1.29 is 4.79 Å². The Morgan fingerprint density at radius 2 is 2.22 bits per heavy atom. The van der Waals surface area contributed by atoms with E-state index in [9.17, 15) is 4.79 Å². The number of nitrogens with two attached hydrogens (primary N) is 1. The van der Waals surface area contributed by atoms with Gasteiger partial charge < -0.3 is 16.0 Å². The van der Waals surface area contributed by atoms with Gasteiger partial charge in [-0.15, -0.1) is 11.8 Å². The van der Waals surface area contributed by atoms with E-state index in [1.165, 1.54) is 16.1 Å². The third-order valence-corrected chi connectivity index (χ3v) is 6.54. The van der Waals surface area contributed by atoms with Gasteiger partial charge in [-0.1, -0.05) is 19.9 Å². The van der Waals surface area contributed by atoms with E-state index in [1.54, 1.807) is 6.20 Å². The molecule has 6 heteroatoms. The van der Waals surface area contributed by atoms with Crippen molar-refractivity contribution in [3.63, 3.8) is 0 Å². The van der Waals surface area contributed by atoms with Crippen LogP contribution in [-0.2, 0) is 6.42 Å². The van der Waals surface area contributed by atoms with Gasteiger partial charge in [-0.2, -0.15) is 0 Å². The number of benzene rings is 1. The number of hydrogen-bond acceptors (Lipinski definition) is 5. The highest BCUT2D eigenvalue weighted by atomic mass is 32.2. The molecular weight excluding hydrogens is 356 g/mol. The Morgan fingerprint density at radius 3 is 3.04 bits per heavy atom. The second-order valence-corrected chi connectivity index (χ2v) is 8.52. The number of carbonyl (C=O) groups is 1. The summed E-state index contributed by atoms with van der Waals surface area (Å²) in [6.45, 7) is 5.02. The van der Waals surface area contributed by atoms with Gasteiger partial charge in [-0.05, 0) is 54.5 Å². The van der Waals surface area contributed by atoms with Crippen LogP contribution in [0.4, 0.5) is 11.5 Å². The molecule has 1 saturated heterocycles. The lowest BCUT2D eigenvalue weighted by atomic mass is 9.89. The van der Waals surface area contributed by atoms with Crippen LogP contribution in [-0.4, -0.2) is 28.2 Å². The number of likely N-dealkylation sites (tertiary alicyclic amines) is 1. The zero-order chi connectivity index (χ0) is 19.0. The number of thioether (sulfide) groups is 1. The first kappa shape index (κ1) is 18.2. The molecule has 0 radical (unpaired) electrons. The minimum Gasteiger partial charge on any atom is -0.383 e. The molecule has 1 fully saturated rings. The Morgan fingerprint density at radius 1 is 1.37 bits per heavy atom. The summed E-state index contributed by atoms with van der Waals surface area (Å²) >= 11 is 1.82. The third-order valence-electron chi connectivity index (χ3n) is 5.59. The number of fused-ring (bicyclic) bond motifs is 1. The third kappa shape index (κ3) is 3.50. The van der Waals surface area contributed by atoms with Crippen LogP contribution in [0, 0.1) is 5.92 Å². The van der Waals surface area contributed by atoms with E-state index >= 15 is 0 Å². The maximum absolute atomic E-state index is 13.4. The van der Waals surface area contributed by atoms with E-state index in [2.05, 4.69) is 35.4 Å². The van der Waals surface area contributed by atoms with Crippen molar-refractivity contribution >= 4 is 29.2 Å². The second kappa shape index (κ2) is 7.43. The Hall–Kier alpha value is -2.21. The lowest BCUT2D eigenvalue weighted by Gasteiger charge is -2.39. The molecule has 2 atom stereocenters. The van der Waals surface area contributed by atoms with E-state index in [4.69, 9.17) is 5.73 Å². The minimum atomic E-state index is 0.0524. The predicted octanol–water partition coefficient (Wildman–Crippen LogP) is 4.31. The molecule has 2 aliphatic rings. The SMILES string of the molecule is CCc1cc(C(=O)N2CC(C)CC[C@@H]2c2ccc3c(c2)NCS3)cnc1N. The standard InChI is InChI=1S/C21H26N4OS/c1-3-14-8-16(10-23-20(14)22)21(26)25-11-13(2)4-6-18(25)15-5-7-19-17(9-15)24-12-27-19/h5,7-10,13,18,24H,3-4,6,11-12H2,1-2H3,(H2,22,23)/t13?,18-/m1/s1. The largest absolute Gasteiger partial charge is 0.383 e. The number of rotatable bonds is 3. The maximum Gasteiger partial charge on any atom is 0.255 e. The van der Waals surface area contributed by atoms with Crippen LogP contribution < -0.4 is 11.1 Å². The summed E-state index contributed by atoms with van der Waals surface area (Å²) in [7, 11) is 0. The molecule has 0 aliphatic carbocycles. The van der Waals surface area contributed by atoms with Crippen LogP contribution in [0.25, 0.3) is 0 Å². The summed E-state index contributed by atoms with van der Waals surface area (Å²) in [4.78, 5) is 20.9. The summed E-state index contributed by atoms with van der Waals surface area (Å²) < 4.78 is 0. The fraction of sp³-hybridized carbons (Fsp3) is 0.429. The number of carbonyl (C=O) groups excluding carboxylic acids is 1. The molecule has 1 aromatic carbocycles. The quantitative estimate of drug-likeness (QED) is 0.827. The summed E-state index contributed by atoms with van der Waals surface area (Å²) in [5, 5.41) is 3.42. The molecule has 0 bridgehead atoms. The lowest BCUT2D eigenvalue weighted by molar-refractivity contribution is 0.0544. The maximum atomic E-state index is 13.4. The van der Waals surface area contributed by atoms with Crippen molar-refractivity contribution in [2.24, 2.45) is 5.92 Å². The molecule has 2 aliphatic heterocycles. The van der Waals surface area contributed by atoms with Crippen LogP contribution in [0.5, 0.6) is 0 Å². The van der Waals surface area contributed by atoms with Crippen LogP contribution in [0.2, 0.25) is 0 Å². The topological polar surface area (TPSA) is 71.2 Å². The van der Waals surface area contributed by atoms with E-state index in [0.717, 1.165) is 37.2 Å². The fourth-order valence-electron chi connectivity index (χ4n) is 4.02. The number of piperidine rings is 1. The first-order valence-electron chi connectivity index (χ1n) is 9.62. The monoisotopic (exact) mass is 382 g/mol. The zero-order valence-corrected chi connectivity index (χ0v) is 16.7. The molecule has 0 saturated carbocycles. The van der Waals surface area contributed by atoms with Gasteiger partial charge in [0.25, 0.3) is 5.91 Å². The highest BCUT2D eigenvalue weighted by Gasteiger charge is 2.32. The van der Waals surface area contributed by atoms with Crippen molar-refractivity contribution in [1.29, 1.82) is 0 Å². The van der Waals surface area contributed by atoms with Crippen LogP contribution in [0.1, 0.15) is 54.2 Å². The number of amides is 1. The van der Waals surface area contributed by atoms with Gasteiger partial charge in [0.2, 0.25) is 0 Å². The minimum absolute atomic E-state index is 0.0524. The van der Waals surface area contributed by atoms with E-state index < -0.39 is 0 Å². The van der Waals surface area contributed by atoms with Crippen molar-refractivity contribution in [2.75, 3.05) is 23.5 Å². The highest BCUT2D eigenvalue weighted by Crippen LogP contribution is 2.40. The average Bonchev–Trinajstić information content (AvgIpc) is 3.15. The number of nitrogens with zero attached hydrogens (tertiary/aromatic N) is 2. The first-order chi connectivity index (χ1) is 13.1. The molecule has 0 spiro atoms. The number of anilines is 2. The summed E-state index contributed by atoms with van der Waals surface area (Å²) in [6, 6.07) is 8.58. The number of aryl methyl sites for hydroxylation is 1. The Labute approximate surface area is 164 Å². The van der Waals surface area contributed by atoms with Gasteiger partial charge in [0.15, 0.2) is 0 Å². The van der Waals surface area contributed by atoms with Crippen LogP contribution >= 0.6 is 11.8 Å². The molecule has 2 aromatic rings. The molecule has 1 unspecified atom stereocenters. The van der Waals surface area contributed by atoms with E-state index in [0.29, 0.717) is 17.3 Å². The first-order valence-corrected chi connectivity index (χ1v) is 10.6. The molecule has 142 valence electrons. The normalized spacial score (nSPS) is 21.6. The Kier molecular flexibility index (Phi) is 5.00. The van der Waals surface area contributed by atoms with E-state index in [-0.39, 0.29) is 11.9 Å². The smallest absolute Gasteiger partial charge is 0.255 e. The predicted molar refractivity (Wildman–Crippen MR) is 111 cm³/mol. The van der Waals surface area contributed by atoms with Crippen molar-refractivity contribution in [2.45, 2.75) is 44.0 Å². The number of hydrogen-bond donors (Lipinski definition) is 2. The molecule has 4 rings (SSSR count). The number of aromatic nitrogens is 1. The second-order valence-electron chi connectivity index (χ2n) is 7.50. The van der Waals surface area contributed by atoms with Gasteiger partial charge in [0.1, 0.15) is 5.82 Å². The zero-order valence-electron chi connectivity index (χ0n) is 15.9. The fourth-order valence-corrected chi connectivity index (χ4v) is 4.85. The van der Waals surface area contributed by atoms with Gasteiger partial charge >= 0.3 is 0 Å². The Balaban J connectivity index is 1.66. The molecule has 1 aromatic heterocycles. The van der Waals surface area contributed by atoms with Crippen LogP contribution in [0.3, 0.4) is 0 Å². The van der Waals surface area contributed by atoms with Gasteiger partial charge in [0, 0.05) is 23.3 Å². The Bertz CT molecular complexity index is 869. The summed E-state index contributed by atoms with van der Waals surface area (Å²) in [5.74, 6) is 1.98. The van der Waals surface area contributed by atoms with Crippen LogP contribution in [0.15, 0.2) is 35.4 Å². The molecular formula is C21H26N4OS. The molecule has 1 amide bonds.